The van der Waals surface area contributed by atoms with Crippen molar-refractivity contribution in [3.8, 4) is 17.3 Å². The Morgan fingerprint density at radius 2 is 2.11 bits per heavy atom. The van der Waals surface area contributed by atoms with Crippen LogP contribution in [0.2, 0.25) is 5.02 Å². The summed E-state index contributed by atoms with van der Waals surface area (Å²) in [6.45, 7) is 2.07. The van der Waals surface area contributed by atoms with E-state index < -0.39 is 0 Å². The fraction of sp³-hybridized carbons (Fsp3) is 0.143. The van der Waals surface area contributed by atoms with Crippen LogP contribution in [0, 0.1) is 18.3 Å². The van der Waals surface area contributed by atoms with Gasteiger partial charge < -0.3 is 0 Å². The van der Waals surface area contributed by atoms with Gasteiger partial charge in [-0.05, 0) is 24.6 Å². The highest BCUT2D eigenvalue weighted by atomic mass is 35.5. The molecule has 0 radical (unpaired) electrons. The number of rotatable bonds is 2. The largest absolute Gasteiger partial charge is 0.286 e. The molecule has 2 heterocycles. The monoisotopic (exact) mass is 287 g/mol. The number of halogens is 1. The third kappa shape index (κ3) is 2.01. The number of benzene rings is 1. The first-order valence-corrected chi connectivity index (χ1v) is 6.99. The van der Waals surface area contributed by atoms with Gasteiger partial charge in [-0.15, -0.1) is 11.3 Å². The minimum Gasteiger partial charge on any atom is -0.286 e. The maximum absolute atomic E-state index is 8.90. The lowest BCUT2D eigenvalue weighted by molar-refractivity contribution is 1.07. The summed E-state index contributed by atoms with van der Waals surface area (Å²) in [5.41, 5.74) is 3.11. The van der Waals surface area contributed by atoms with Gasteiger partial charge in [0, 0.05) is 9.90 Å². The van der Waals surface area contributed by atoms with Crippen LogP contribution in [-0.2, 0) is 6.42 Å². The topological polar surface area (TPSA) is 41.1 Å². The van der Waals surface area contributed by atoms with Crippen molar-refractivity contribution in [1.29, 1.82) is 5.26 Å². The molecule has 0 saturated heterocycles. The molecule has 0 saturated carbocycles. The quantitative estimate of drug-likeness (QED) is 0.712. The van der Waals surface area contributed by atoms with E-state index in [9.17, 15) is 0 Å². The summed E-state index contributed by atoms with van der Waals surface area (Å²) in [7, 11) is 0. The van der Waals surface area contributed by atoms with Gasteiger partial charge in [-0.25, -0.2) is 4.98 Å². The number of thiazole rings is 1. The lowest BCUT2D eigenvalue weighted by Crippen LogP contribution is -1.93. The van der Waals surface area contributed by atoms with E-state index in [1.54, 1.807) is 17.5 Å². The number of nitrogens with zero attached hydrogens (tertiary/aromatic N) is 3. The highest BCUT2D eigenvalue weighted by molar-refractivity contribution is 7.17. The van der Waals surface area contributed by atoms with Gasteiger partial charge in [-0.3, -0.25) is 4.40 Å². The number of fused-ring (bicyclic) bond motifs is 1. The number of aryl methyl sites for hydroxylation is 1. The summed E-state index contributed by atoms with van der Waals surface area (Å²) in [4.78, 5) is 6.47. The third-order valence-electron chi connectivity index (χ3n) is 2.98. The van der Waals surface area contributed by atoms with Gasteiger partial charge in [-0.1, -0.05) is 23.7 Å². The van der Waals surface area contributed by atoms with Gasteiger partial charge in [0.1, 0.15) is 0 Å². The molecule has 0 unspecified atom stereocenters. The molecule has 0 bridgehead atoms. The summed E-state index contributed by atoms with van der Waals surface area (Å²) in [6, 6.07) is 9.92. The molecule has 5 heteroatoms. The fourth-order valence-corrected chi connectivity index (χ4v) is 3.28. The molecule has 3 rings (SSSR count). The molecule has 0 N–H and O–H groups in total. The van der Waals surface area contributed by atoms with Crippen LogP contribution in [-0.4, -0.2) is 9.38 Å². The van der Waals surface area contributed by atoms with Gasteiger partial charge in [-0.2, -0.15) is 5.26 Å². The Hall–Kier alpha value is -1.83. The lowest BCUT2D eigenvalue weighted by atomic mass is 10.1. The Balaban J connectivity index is 2.27. The second-order valence-electron chi connectivity index (χ2n) is 4.22. The summed E-state index contributed by atoms with van der Waals surface area (Å²) >= 11 is 7.57. The van der Waals surface area contributed by atoms with Crippen LogP contribution in [0.4, 0.5) is 0 Å². The average Bonchev–Trinajstić information content (AvgIpc) is 2.91. The average molecular weight is 288 g/mol. The predicted octanol–water partition coefficient (Wildman–Crippen LogP) is 4.09. The van der Waals surface area contributed by atoms with Gasteiger partial charge >= 0.3 is 0 Å². The Morgan fingerprint density at radius 3 is 2.79 bits per heavy atom. The smallest absolute Gasteiger partial charge is 0.194 e. The minimum atomic E-state index is 0.359. The zero-order valence-electron chi connectivity index (χ0n) is 10.2. The van der Waals surface area contributed by atoms with Gasteiger partial charge in [0.05, 0.1) is 30.1 Å². The fourth-order valence-electron chi connectivity index (χ4n) is 2.17. The summed E-state index contributed by atoms with van der Waals surface area (Å²) in [5, 5.41) is 9.62. The Labute approximate surface area is 119 Å². The molecule has 0 aliphatic rings. The van der Waals surface area contributed by atoms with E-state index in [0.29, 0.717) is 6.42 Å². The van der Waals surface area contributed by atoms with Crippen LogP contribution in [0.5, 0.6) is 0 Å². The first-order chi connectivity index (χ1) is 9.20. The third-order valence-corrected chi connectivity index (χ3v) is 4.20. The van der Waals surface area contributed by atoms with Crippen LogP contribution < -0.4 is 0 Å². The summed E-state index contributed by atoms with van der Waals surface area (Å²) < 4.78 is 2.06. The van der Waals surface area contributed by atoms with Crippen molar-refractivity contribution >= 4 is 27.9 Å². The lowest BCUT2D eigenvalue weighted by Gasteiger charge is -2.04. The predicted molar refractivity (Wildman–Crippen MR) is 77.6 cm³/mol. The molecule has 3 aromatic rings. The Bertz CT molecular complexity index is 777. The van der Waals surface area contributed by atoms with Crippen molar-refractivity contribution in [2.45, 2.75) is 13.3 Å². The first-order valence-electron chi connectivity index (χ1n) is 5.79. The van der Waals surface area contributed by atoms with E-state index in [0.717, 1.165) is 26.9 Å². The Morgan fingerprint density at radius 1 is 1.37 bits per heavy atom. The van der Waals surface area contributed by atoms with E-state index in [1.807, 2.05) is 24.3 Å². The first kappa shape index (κ1) is 12.2. The molecule has 94 valence electrons. The van der Waals surface area contributed by atoms with E-state index in [2.05, 4.69) is 22.4 Å². The molecule has 2 aromatic heterocycles. The molecule has 0 spiro atoms. The van der Waals surface area contributed by atoms with Crippen LogP contribution >= 0.6 is 22.9 Å². The zero-order valence-corrected chi connectivity index (χ0v) is 11.8. The minimum absolute atomic E-state index is 0.359. The molecular weight excluding hydrogens is 278 g/mol. The van der Waals surface area contributed by atoms with Crippen molar-refractivity contribution in [1.82, 2.24) is 9.38 Å². The van der Waals surface area contributed by atoms with E-state index >= 15 is 0 Å². The highest BCUT2D eigenvalue weighted by Gasteiger charge is 2.15. The molecular formula is C14H10ClN3S. The van der Waals surface area contributed by atoms with Crippen LogP contribution in [0.3, 0.4) is 0 Å². The maximum Gasteiger partial charge on any atom is 0.194 e. The van der Waals surface area contributed by atoms with Gasteiger partial charge in [0.25, 0.3) is 0 Å². The number of aromatic nitrogens is 2. The molecule has 0 atom stereocenters. The molecule has 0 fully saturated rings. The molecule has 1 aromatic carbocycles. The van der Waals surface area contributed by atoms with Crippen molar-refractivity contribution < 1.29 is 0 Å². The maximum atomic E-state index is 8.90. The molecule has 0 aliphatic carbocycles. The van der Waals surface area contributed by atoms with E-state index in [1.165, 1.54) is 4.88 Å². The van der Waals surface area contributed by atoms with Crippen LogP contribution in [0.25, 0.3) is 16.2 Å². The summed E-state index contributed by atoms with van der Waals surface area (Å²) in [5.74, 6) is 0. The van der Waals surface area contributed by atoms with Crippen molar-refractivity contribution in [3.63, 3.8) is 0 Å². The molecule has 0 amide bonds. The van der Waals surface area contributed by atoms with E-state index in [-0.39, 0.29) is 0 Å². The number of nitriles is 1. The molecule has 19 heavy (non-hydrogen) atoms. The van der Waals surface area contributed by atoms with E-state index in [4.69, 9.17) is 16.9 Å². The van der Waals surface area contributed by atoms with Crippen LogP contribution in [0.15, 0.2) is 30.5 Å². The standard InChI is InChI=1S/C14H10ClN3S/c1-9-13(10-2-4-11(15)5-3-10)18-12(6-7-16)8-17-14(18)19-9/h2-5,8H,6H2,1H3. The second kappa shape index (κ2) is 4.69. The van der Waals surface area contributed by atoms with Crippen molar-refractivity contribution in [3.05, 3.63) is 46.1 Å². The SMILES string of the molecule is Cc1sc2ncc(CC#N)n2c1-c1ccc(Cl)cc1. The highest BCUT2D eigenvalue weighted by Crippen LogP contribution is 2.32. The normalized spacial score (nSPS) is 10.8. The summed E-state index contributed by atoms with van der Waals surface area (Å²) in [6.07, 6.45) is 2.13. The van der Waals surface area contributed by atoms with Gasteiger partial charge in [0.15, 0.2) is 4.96 Å². The molecule has 0 aliphatic heterocycles. The Kier molecular flexibility index (Phi) is 3.02. The van der Waals surface area contributed by atoms with Crippen molar-refractivity contribution in [2.75, 3.05) is 0 Å². The number of imidazole rings is 1. The van der Waals surface area contributed by atoms with Crippen LogP contribution in [0.1, 0.15) is 10.6 Å². The number of hydrogen-bond donors (Lipinski definition) is 0. The molecule has 3 nitrogen and oxygen atoms in total. The van der Waals surface area contributed by atoms with Crippen molar-refractivity contribution in [2.24, 2.45) is 0 Å². The number of hydrogen-bond acceptors (Lipinski definition) is 3. The second-order valence-corrected chi connectivity index (χ2v) is 5.83. The zero-order chi connectivity index (χ0) is 13.4. The van der Waals surface area contributed by atoms with Gasteiger partial charge in [0.2, 0.25) is 0 Å².